The van der Waals surface area contributed by atoms with E-state index in [9.17, 15) is 4.79 Å². The van der Waals surface area contributed by atoms with Crippen LogP contribution in [0.25, 0.3) is 0 Å². The summed E-state index contributed by atoms with van der Waals surface area (Å²) in [6.07, 6.45) is 6.48. The molecule has 0 atom stereocenters. The number of carbonyl (C=O) groups excluding carboxylic acids is 1. The molecule has 0 unspecified atom stereocenters. The zero-order chi connectivity index (χ0) is 9.80. The summed E-state index contributed by atoms with van der Waals surface area (Å²) in [7, 11) is 0. The molecule has 1 aromatic rings. The Morgan fingerprint density at radius 2 is 2.00 bits per heavy atom. The Bertz CT molecular complexity index is 388. The number of esters is 1. The smallest absolute Gasteiger partial charge is 0.343 e. The predicted molar refractivity (Wildman–Crippen MR) is 53.7 cm³/mol. The fraction of sp³-hybridized carbons (Fsp3) is 0.0833. The Balaban J connectivity index is 2.06. The Kier molecular flexibility index (Phi) is 2.45. The molecule has 0 spiro atoms. The summed E-state index contributed by atoms with van der Waals surface area (Å²) in [5, 5.41) is 0. The molecule has 0 saturated carbocycles. The molecular formula is C12H10O2. The number of hydrogen-bond acceptors (Lipinski definition) is 2. The first kappa shape index (κ1) is 8.75. The van der Waals surface area contributed by atoms with Crippen molar-refractivity contribution in [2.24, 2.45) is 0 Å². The van der Waals surface area contributed by atoms with Gasteiger partial charge in [0.15, 0.2) is 0 Å². The molecule has 2 nitrogen and oxygen atoms in total. The van der Waals surface area contributed by atoms with Gasteiger partial charge < -0.3 is 4.74 Å². The monoisotopic (exact) mass is 186 g/mol. The number of carbonyl (C=O) groups is 1. The molecule has 0 saturated heterocycles. The Morgan fingerprint density at radius 3 is 2.64 bits per heavy atom. The van der Waals surface area contributed by atoms with E-state index in [-0.39, 0.29) is 5.97 Å². The van der Waals surface area contributed by atoms with E-state index < -0.39 is 0 Å². The third kappa shape index (κ3) is 1.91. The molecule has 1 aliphatic rings. The van der Waals surface area contributed by atoms with Crippen LogP contribution < -0.4 is 0 Å². The maximum atomic E-state index is 11.5. The Hall–Kier alpha value is -1.83. The van der Waals surface area contributed by atoms with Crippen LogP contribution in [0.1, 0.15) is 16.8 Å². The second-order valence-electron chi connectivity index (χ2n) is 3.00. The molecule has 0 radical (unpaired) electrons. The van der Waals surface area contributed by atoms with E-state index in [1.54, 1.807) is 18.2 Å². The summed E-state index contributed by atoms with van der Waals surface area (Å²) >= 11 is 0. The average Bonchev–Trinajstić information content (AvgIpc) is 2.72. The average molecular weight is 186 g/mol. The van der Waals surface area contributed by atoms with E-state index in [0.717, 1.165) is 6.42 Å². The first-order chi connectivity index (χ1) is 6.86. The third-order valence-electron chi connectivity index (χ3n) is 1.96. The van der Waals surface area contributed by atoms with Crippen LogP contribution in [0.5, 0.6) is 0 Å². The highest BCUT2D eigenvalue weighted by atomic mass is 16.5. The van der Waals surface area contributed by atoms with Gasteiger partial charge >= 0.3 is 5.97 Å². The second-order valence-corrected chi connectivity index (χ2v) is 3.00. The minimum Gasteiger partial charge on any atom is -0.423 e. The number of allylic oxidation sites excluding steroid dienone is 3. The van der Waals surface area contributed by atoms with Crippen molar-refractivity contribution in [2.45, 2.75) is 6.42 Å². The zero-order valence-corrected chi connectivity index (χ0v) is 7.64. The highest BCUT2D eigenvalue weighted by Gasteiger charge is 2.08. The summed E-state index contributed by atoms with van der Waals surface area (Å²) in [5.41, 5.74) is 0.578. The van der Waals surface area contributed by atoms with Crippen molar-refractivity contribution in [1.29, 1.82) is 0 Å². The molecule has 70 valence electrons. The largest absolute Gasteiger partial charge is 0.423 e. The molecule has 0 bridgehead atoms. The van der Waals surface area contributed by atoms with Gasteiger partial charge in [0.1, 0.15) is 5.76 Å². The van der Waals surface area contributed by atoms with Crippen molar-refractivity contribution in [3.05, 3.63) is 59.9 Å². The van der Waals surface area contributed by atoms with Gasteiger partial charge in [0.05, 0.1) is 5.56 Å². The fourth-order valence-electron chi connectivity index (χ4n) is 1.25. The van der Waals surface area contributed by atoms with Crippen LogP contribution in [-0.2, 0) is 4.74 Å². The maximum Gasteiger partial charge on any atom is 0.343 e. The molecule has 1 aromatic carbocycles. The fourth-order valence-corrected chi connectivity index (χ4v) is 1.25. The van der Waals surface area contributed by atoms with Crippen molar-refractivity contribution in [3.63, 3.8) is 0 Å². The lowest BCUT2D eigenvalue weighted by Crippen LogP contribution is -2.02. The van der Waals surface area contributed by atoms with Crippen molar-refractivity contribution >= 4 is 5.97 Å². The first-order valence-corrected chi connectivity index (χ1v) is 4.50. The Labute approximate surface area is 82.5 Å². The number of ether oxygens (including phenoxy) is 1. The molecule has 1 aliphatic carbocycles. The lowest BCUT2D eigenvalue weighted by molar-refractivity contribution is 0.0637. The summed E-state index contributed by atoms with van der Waals surface area (Å²) in [6.45, 7) is 0. The normalized spacial score (nSPS) is 13.9. The van der Waals surface area contributed by atoms with E-state index >= 15 is 0 Å². The molecule has 2 heteroatoms. The van der Waals surface area contributed by atoms with Gasteiger partial charge in [0, 0.05) is 0 Å². The molecule has 0 N–H and O–H groups in total. The number of benzene rings is 1. The van der Waals surface area contributed by atoms with Gasteiger partial charge in [-0.3, -0.25) is 0 Å². The number of rotatable bonds is 2. The predicted octanol–water partition coefficient (Wildman–Crippen LogP) is 2.69. The van der Waals surface area contributed by atoms with Crippen LogP contribution in [0.4, 0.5) is 0 Å². The maximum absolute atomic E-state index is 11.5. The third-order valence-corrected chi connectivity index (χ3v) is 1.96. The van der Waals surface area contributed by atoms with Gasteiger partial charge in [-0.15, -0.1) is 0 Å². The highest BCUT2D eigenvalue weighted by molar-refractivity contribution is 5.90. The summed E-state index contributed by atoms with van der Waals surface area (Å²) in [5.74, 6) is 0.335. The van der Waals surface area contributed by atoms with Gasteiger partial charge in [-0.1, -0.05) is 24.3 Å². The lowest BCUT2D eigenvalue weighted by Gasteiger charge is -2.02. The van der Waals surface area contributed by atoms with Crippen LogP contribution >= 0.6 is 0 Å². The van der Waals surface area contributed by atoms with Crippen molar-refractivity contribution in [2.75, 3.05) is 0 Å². The van der Waals surface area contributed by atoms with Gasteiger partial charge in [-0.05, 0) is 30.7 Å². The van der Waals surface area contributed by atoms with Crippen LogP contribution in [0.2, 0.25) is 0 Å². The molecule has 0 heterocycles. The quantitative estimate of drug-likeness (QED) is 0.664. The van der Waals surface area contributed by atoms with Gasteiger partial charge in [0.2, 0.25) is 0 Å². The molecule has 14 heavy (non-hydrogen) atoms. The van der Waals surface area contributed by atoms with Gasteiger partial charge in [0.25, 0.3) is 0 Å². The lowest BCUT2D eigenvalue weighted by atomic mass is 10.2. The SMILES string of the molecule is O=C(OC1=CCC=C1)c1ccccc1. The summed E-state index contributed by atoms with van der Waals surface area (Å²) in [4.78, 5) is 11.5. The molecule has 2 rings (SSSR count). The molecule has 0 amide bonds. The first-order valence-electron chi connectivity index (χ1n) is 4.50. The van der Waals surface area contributed by atoms with Crippen LogP contribution in [0.15, 0.2) is 54.3 Å². The van der Waals surface area contributed by atoms with Crippen molar-refractivity contribution in [3.8, 4) is 0 Å². The molecule has 0 aliphatic heterocycles. The topological polar surface area (TPSA) is 26.3 Å². The standard InChI is InChI=1S/C12H10O2/c13-12(10-6-2-1-3-7-10)14-11-8-4-5-9-11/h1-4,6-9H,5H2. The molecular weight excluding hydrogens is 176 g/mol. The van der Waals surface area contributed by atoms with E-state index in [1.807, 2.05) is 30.4 Å². The highest BCUT2D eigenvalue weighted by Crippen LogP contribution is 2.12. The summed E-state index contributed by atoms with van der Waals surface area (Å²) < 4.78 is 5.13. The summed E-state index contributed by atoms with van der Waals surface area (Å²) in [6, 6.07) is 8.97. The van der Waals surface area contributed by atoms with E-state index in [2.05, 4.69) is 0 Å². The van der Waals surface area contributed by atoms with Crippen molar-refractivity contribution < 1.29 is 9.53 Å². The molecule has 0 aromatic heterocycles. The number of hydrogen-bond donors (Lipinski definition) is 0. The molecule has 0 fully saturated rings. The minimum absolute atomic E-state index is 0.302. The zero-order valence-electron chi connectivity index (χ0n) is 7.64. The van der Waals surface area contributed by atoms with Crippen LogP contribution in [0.3, 0.4) is 0 Å². The Morgan fingerprint density at radius 1 is 1.21 bits per heavy atom. The second kappa shape index (κ2) is 3.92. The van der Waals surface area contributed by atoms with Crippen LogP contribution in [0, 0.1) is 0 Å². The van der Waals surface area contributed by atoms with Gasteiger partial charge in [-0.25, -0.2) is 4.79 Å². The minimum atomic E-state index is -0.302. The van der Waals surface area contributed by atoms with E-state index in [0.29, 0.717) is 11.3 Å². The van der Waals surface area contributed by atoms with Crippen molar-refractivity contribution in [1.82, 2.24) is 0 Å². The van der Waals surface area contributed by atoms with E-state index in [4.69, 9.17) is 4.74 Å². The van der Waals surface area contributed by atoms with E-state index in [1.165, 1.54) is 0 Å². The van der Waals surface area contributed by atoms with Gasteiger partial charge in [-0.2, -0.15) is 0 Å². The van der Waals surface area contributed by atoms with Crippen LogP contribution in [-0.4, -0.2) is 5.97 Å².